The summed E-state index contributed by atoms with van der Waals surface area (Å²) in [6.07, 6.45) is 1.28. The van der Waals surface area contributed by atoms with Gasteiger partial charge in [-0.1, -0.05) is 0 Å². The standard InChI is InChI=1S/C11H18N4O3S/c1-8-9(7-12-13-8)19(17,18)15-6-5-14(4)10(16)11(15,2)3/h7H,5-6H2,1-4H3,(H,12,13). The quantitative estimate of drug-likeness (QED) is 0.826. The van der Waals surface area contributed by atoms with Gasteiger partial charge in [-0.3, -0.25) is 9.89 Å². The van der Waals surface area contributed by atoms with Crippen LogP contribution >= 0.6 is 0 Å². The molecule has 0 aliphatic carbocycles. The number of carbonyl (C=O) groups excluding carboxylic acids is 1. The van der Waals surface area contributed by atoms with E-state index in [4.69, 9.17) is 0 Å². The van der Waals surface area contributed by atoms with Crippen molar-refractivity contribution in [3.8, 4) is 0 Å². The SMILES string of the molecule is Cc1[nH]ncc1S(=O)(=O)N1CCN(C)C(=O)C1(C)C. The molecule has 0 aromatic carbocycles. The van der Waals surface area contributed by atoms with Crippen molar-refractivity contribution in [2.75, 3.05) is 20.1 Å². The van der Waals surface area contributed by atoms with Crippen molar-refractivity contribution in [2.24, 2.45) is 0 Å². The molecular formula is C11H18N4O3S. The van der Waals surface area contributed by atoms with Crippen molar-refractivity contribution >= 4 is 15.9 Å². The first kappa shape index (κ1) is 14.0. The number of aromatic nitrogens is 2. The van der Waals surface area contributed by atoms with Crippen molar-refractivity contribution < 1.29 is 13.2 Å². The van der Waals surface area contributed by atoms with E-state index >= 15 is 0 Å². The van der Waals surface area contributed by atoms with E-state index in [0.717, 1.165) is 0 Å². The highest BCUT2D eigenvalue weighted by Crippen LogP contribution is 2.29. The number of aromatic amines is 1. The summed E-state index contributed by atoms with van der Waals surface area (Å²) in [4.78, 5) is 13.8. The Morgan fingerprint density at radius 2 is 2.00 bits per heavy atom. The number of nitrogens with one attached hydrogen (secondary N) is 1. The highest BCUT2D eigenvalue weighted by atomic mass is 32.2. The minimum atomic E-state index is -3.72. The number of H-pyrrole nitrogens is 1. The summed E-state index contributed by atoms with van der Waals surface area (Å²) in [5, 5.41) is 6.35. The molecule has 1 amide bonds. The van der Waals surface area contributed by atoms with Crippen LogP contribution in [0.2, 0.25) is 0 Å². The van der Waals surface area contributed by atoms with Crippen LogP contribution in [-0.4, -0.2) is 59.4 Å². The predicted octanol–water partition coefficient (Wildman–Crippen LogP) is -0.0406. The highest BCUT2D eigenvalue weighted by molar-refractivity contribution is 7.89. The zero-order valence-electron chi connectivity index (χ0n) is 11.5. The van der Waals surface area contributed by atoms with E-state index in [1.165, 1.54) is 10.5 Å². The molecule has 0 atom stereocenters. The number of sulfonamides is 1. The van der Waals surface area contributed by atoms with Gasteiger partial charge in [0.05, 0.1) is 11.9 Å². The number of aryl methyl sites for hydroxylation is 1. The molecule has 106 valence electrons. The Kier molecular flexibility index (Phi) is 3.18. The summed E-state index contributed by atoms with van der Waals surface area (Å²) >= 11 is 0. The average molecular weight is 286 g/mol. The van der Waals surface area contributed by atoms with E-state index in [-0.39, 0.29) is 17.3 Å². The van der Waals surface area contributed by atoms with Gasteiger partial charge in [0, 0.05) is 20.1 Å². The minimum Gasteiger partial charge on any atom is -0.343 e. The van der Waals surface area contributed by atoms with Crippen molar-refractivity contribution in [3.63, 3.8) is 0 Å². The third-order valence-corrected chi connectivity index (χ3v) is 5.67. The first-order valence-corrected chi connectivity index (χ1v) is 7.41. The topological polar surface area (TPSA) is 86.4 Å². The Labute approximate surface area is 112 Å². The zero-order chi connectivity index (χ0) is 14.4. The maximum Gasteiger partial charge on any atom is 0.247 e. The molecule has 8 heteroatoms. The Hall–Kier alpha value is -1.41. The molecule has 1 aliphatic rings. The fraction of sp³-hybridized carbons (Fsp3) is 0.636. The fourth-order valence-electron chi connectivity index (χ4n) is 2.33. The van der Waals surface area contributed by atoms with Gasteiger partial charge in [-0.15, -0.1) is 0 Å². The number of hydrogen-bond acceptors (Lipinski definition) is 4. The van der Waals surface area contributed by atoms with Crippen LogP contribution in [0.3, 0.4) is 0 Å². The molecular weight excluding hydrogens is 268 g/mol. The van der Waals surface area contributed by atoms with Gasteiger partial charge in [-0.25, -0.2) is 8.42 Å². The third-order valence-electron chi connectivity index (χ3n) is 3.48. The molecule has 2 rings (SSSR count). The molecule has 0 saturated carbocycles. The molecule has 0 spiro atoms. The summed E-state index contributed by atoms with van der Waals surface area (Å²) in [5.74, 6) is -0.205. The lowest BCUT2D eigenvalue weighted by molar-refractivity contribution is -0.142. The number of piperazine rings is 1. The van der Waals surface area contributed by atoms with E-state index in [0.29, 0.717) is 12.2 Å². The second-order valence-corrected chi connectivity index (χ2v) is 7.05. The average Bonchev–Trinajstić information content (AvgIpc) is 2.72. The van der Waals surface area contributed by atoms with Crippen LogP contribution in [0.25, 0.3) is 0 Å². The summed E-state index contributed by atoms with van der Waals surface area (Å²) in [6.45, 7) is 5.56. The summed E-state index contributed by atoms with van der Waals surface area (Å²) in [5.41, 5.74) is -0.614. The summed E-state index contributed by atoms with van der Waals surface area (Å²) in [6, 6.07) is 0. The van der Waals surface area contributed by atoms with Crippen molar-refractivity contribution in [3.05, 3.63) is 11.9 Å². The fourth-order valence-corrected chi connectivity index (χ4v) is 4.19. The molecule has 1 fully saturated rings. The van der Waals surface area contributed by atoms with Gasteiger partial charge in [0.15, 0.2) is 0 Å². The van der Waals surface area contributed by atoms with E-state index in [2.05, 4.69) is 10.2 Å². The number of nitrogens with zero attached hydrogens (tertiary/aromatic N) is 3. The van der Waals surface area contributed by atoms with Crippen LogP contribution in [0.4, 0.5) is 0 Å². The van der Waals surface area contributed by atoms with E-state index in [1.54, 1.807) is 32.7 Å². The number of amides is 1. The highest BCUT2D eigenvalue weighted by Gasteiger charge is 2.47. The molecule has 1 N–H and O–H groups in total. The predicted molar refractivity (Wildman–Crippen MR) is 68.9 cm³/mol. The molecule has 1 aromatic rings. The lowest BCUT2D eigenvalue weighted by atomic mass is 10.0. The Morgan fingerprint density at radius 3 is 2.53 bits per heavy atom. The Morgan fingerprint density at radius 1 is 1.37 bits per heavy atom. The van der Waals surface area contributed by atoms with Crippen LogP contribution < -0.4 is 0 Å². The molecule has 19 heavy (non-hydrogen) atoms. The lowest BCUT2D eigenvalue weighted by Gasteiger charge is -2.43. The van der Waals surface area contributed by atoms with Crippen LogP contribution in [0, 0.1) is 6.92 Å². The smallest absolute Gasteiger partial charge is 0.247 e. The Balaban J connectivity index is 2.47. The molecule has 1 saturated heterocycles. The van der Waals surface area contributed by atoms with E-state index in [9.17, 15) is 13.2 Å². The van der Waals surface area contributed by atoms with Gasteiger partial charge in [-0.05, 0) is 20.8 Å². The Bertz CT molecular complexity index is 605. The van der Waals surface area contributed by atoms with E-state index in [1.807, 2.05) is 0 Å². The number of carbonyl (C=O) groups is 1. The molecule has 7 nitrogen and oxygen atoms in total. The van der Waals surface area contributed by atoms with Crippen LogP contribution in [0.1, 0.15) is 19.5 Å². The third kappa shape index (κ3) is 2.04. The van der Waals surface area contributed by atoms with Crippen molar-refractivity contribution in [1.29, 1.82) is 0 Å². The summed E-state index contributed by atoms with van der Waals surface area (Å²) < 4.78 is 26.5. The zero-order valence-corrected chi connectivity index (χ0v) is 12.3. The number of hydrogen-bond donors (Lipinski definition) is 1. The monoisotopic (exact) mass is 286 g/mol. The van der Waals surface area contributed by atoms with Gasteiger partial charge in [-0.2, -0.15) is 9.40 Å². The van der Waals surface area contributed by atoms with Crippen LogP contribution in [0.15, 0.2) is 11.1 Å². The van der Waals surface area contributed by atoms with Crippen molar-refractivity contribution in [2.45, 2.75) is 31.2 Å². The molecule has 0 radical (unpaired) electrons. The normalized spacial score (nSPS) is 20.8. The van der Waals surface area contributed by atoms with Gasteiger partial charge < -0.3 is 4.90 Å². The molecule has 0 unspecified atom stereocenters. The first-order chi connectivity index (χ1) is 8.69. The van der Waals surface area contributed by atoms with Crippen molar-refractivity contribution in [1.82, 2.24) is 19.4 Å². The van der Waals surface area contributed by atoms with Crippen LogP contribution in [-0.2, 0) is 14.8 Å². The molecule has 1 aromatic heterocycles. The number of rotatable bonds is 2. The molecule has 2 heterocycles. The van der Waals surface area contributed by atoms with Gasteiger partial charge >= 0.3 is 0 Å². The van der Waals surface area contributed by atoms with Gasteiger partial charge in [0.2, 0.25) is 15.9 Å². The van der Waals surface area contributed by atoms with Gasteiger partial charge in [0.1, 0.15) is 10.4 Å². The first-order valence-electron chi connectivity index (χ1n) is 5.97. The molecule has 1 aliphatic heterocycles. The maximum atomic E-state index is 12.6. The second-order valence-electron chi connectivity index (χ2n) is 5.22. The van der Waals surface area contributed by atoms with Crippen LogP contribution in [0.5, 0.6) is 0 Å². The summed E-state index contributed by atoms with van der Waals surface area (Å²) in [7, 11) is -2.04. The lowest BCUT2D eigenvalue weighted by Crippen LogP contribution is -2.63. The van der Waals surface area contributed by atoms with E-state index < -0.39 is 15.6 Å². The minimum absolute atomic E-state index is 0.123. The largest absolute Gasteiger partial charge is 0.343 e. The number of likely N-dealkylation sites (N-methyl/N-ethyl adjacent to an activating group) is 1. The molecule has 0 bridgehead atoms. The van der Waals surface area contributed by atoms with Gasteiger partial charge in [0.25, 0.3) is 0 Å². The maximum absolute atomic E-state index is 12.6. The second kappa shape index (κ2) is 4.31.